The van der Waals surface area contributed by atoms with Crippen molar-refractivity contribution in [3.05, 3.63) is 162 Å². The van der Waals surface area contributed by atoms with E-state index in [4.69, 9.17) is 14.5 Å². The number of nitrogens with one attached hydrogen (secondary N) is 3. The van der Waals surface area contributed by atoms with Crippen LogP contribution in [-0.2, 0) is 30.9 Å². The summed E-state index contributed by atoms with van der Waals surface area (Å²) in [6, 6.07) is 38.8. The van der Waals surface area contributed by atoms with E-state index >= 15 is 0 Å². The zero-order valence-electron chi connectivity index (χ0n) is 35.4. The molecule has 0 aliphatic carbocycles. The lowest BCUT2D eigenvalue weighted by atomic mass is 10.0. The first-order valence-electron chi connectivity index (χ1n) is 20.8. The maximum atomic E-state index is 13.4. The predicted molar refractivity (Wildman–Crippen MR) is 247 cm³/mol. The van der Waals surface area contributed by atoms with Crippen molar-refractivity contribution in [1.29, 1.82) is 0 Å². The number of pyridine rings is 1. The first-order valence-corrected chi connectivity index (χ1v) is 22.3. The molecule has 5 aromatic carbocycles. The van der Waals surface area contributed by atoms with Gasteiger partial charge in [0.05, 0.1) is 37.2 Å². The molecular formula is C49H47N5O11S. The summed E-state index contributed by atoms with van der Waals surface area (Å²) in [7, 11) is -4.52. The molecule has 2 amide bonds. The van der Waals surface area contributed by atoms with Crippen LogP contribution in [0.15, 0.2) is 156 Å². The molecular weight excluding hydrogens is 867 g/mol. The molecule has 6 rings (SSSR count). The van der Waals surface area contributed by atoms with Crippen LogP contribution < -0.4 is 25.5 Å². The van der Waals surface area contributed by atoms with Crippen LogP contribution in [0.25, 0.3) is 22.4 Å². The Morgan fingerprint density at radius 3 is 2.06 bits per heavy atom. The van der Waals surface area contributed by atoms with E-state index in [2.05, 4.69) is 21.2 Å². The number of carbonyl (C=O) groups excluding carboxylic acids is 2. The topological polar surface area (TPSA) is 243 Å². The molecule has 2 atom stereocenters. The Hall–Kier alpha value is -7.89. The second-order valence-electron chi connectivity index (χ2n) is 14.9. The first-order chi connectivity index (χ1) is 31.8. The lowest BCUT2D eigenvalue weighted by molar-refractivity contribution is -0.142. The second-order valence-corrected chi connectivity index (χ2v) is 16.3. The van der Waals surface area contributed by atoms with Gasteiger partial charge in [-0.05, 0) is 72.4 Å². The van der Waals surface area contributed by atoms with Crippen LogP contribution in [0, 0.1) is 0 Å². The van der Waals surface area contributed by atoms with Gasteiger partial charge in [-0.3, -0.25) is 24.4 Å². The van der Waals surface area contributed by atoms with Crippen LogP contribution >= 0.6 is 0 Å². The van der Waals surface area contributed by atoms with Gasteiger partial charge in [0.2, 0.25) is 11.8 Å². The van der Waals surface area contributed by atoms with Crippen LogP contribution in [0.3, 0.4) is 0 Å². The van der Waals surface area contributed by atoms with Gasteiger partial charge >= 0.3 is 11.9 Å². The van der Waals surface area contributed by atoms with Gasteiger partial charge in [-0.15, -0.1) is 0 Å². The number of amides is 2. The average Bonchev–Trinajstić information content (AvgIpc) is 3.31. The zero-order chi connectivity index (χ0) is 46.9. The van der Waals surface area contributed by atoms with E-state index in [1.807, 2.05) is 72.8 Å². The Morgan fingerprint density at radius 1 is 0.682 bits per heavy atom. The summed E-state index contributed by atoms with van der Waals surface area (Å²) in [6.07, 6.45) is 2.24. The average molecular weight is 914 g/mol. The first kappa shape index (κ1) is 47.6. The molecule has 0 aliphatic rings. The van der Waals surface area contributed by atoms with Gasteiger partial charge in [0.15, 0.2) is 0 Å². The van der Waals surface area contributed by atoms with E-state index in [0.29, 0.717) is 36.8 Å². The number of anilines is 1. The molecule has 0 aliphatic heterocycles. The number of hydrogen-bond acceptors (Lipinski definition) is 11. The molecule has 1 aromatic heterocycles. The van der Waals surface area contributed by atoms with Crippen LogP contribution in [0.2, 0.25) is 0 Å². The lowest BCUT2D eigenvalue weighted by Gasteiger charge is -2.21. The number of aromatic nitrogens is 1. The summed E-state index contributed by atoms with van der Waals surface area (Å²) < 4.78 is 45.0. The van der Waals surface area contributed by atoms with E-state index in [-0.39, 0.29) is 28.1 Å². The standard InChI is InChI=1S/C49H47N5O11S/c55-46(56)31-41(52-47(57)36-21-14-22-39(27-36)54-50-32-37-20-9-11-24-44(37)66(61,62)63)48(58)53-42(49(59)60)28-35-19-8-10-23-43(35)64-25-12-3-13-26-65-45-30-38(33-15-4-1-5-16-33)29-40(51-45)34-17-6-2-7-18-34/h1-2,4-11,14-24,27,29-30,32,41-42,54H,3,12-13,25-26,28,31H2,(H,52,57)(H,53,58)(H,55,56)(H,59,60)(H,61,62,63)/b50-32+. The molecule has 0 radical (unpaired) electrons. The number of ether oxygens (including phenoxy) is 2. The number of rotatable bonds is 23. The second kappa shape index (κ2) is 23.2. The Kier molecular flexibility index (Phi) is 16.7. The summed E-state index contributed by atoms with van der Waals surface area (Å²) in [6.45, 7) is 0.747. The summed E-state index contributed by atoms with van der Waals surface area (Å²) in [5.41, 5.74) is 7.30. The number of para-hydroxylation sites is 1. The maximum Gasteiger partial charge on any atom is 0.326 e. The van der Waals surface area contributed by atoms with E-state index in [9.17, 15) is 42.4 Å². The normalized spacial score (nSPS) is 12.1. The molecule has 6 N–H and O–H groups in total. The molecule has 17 heteroatoms. The Bertz CT molecular complexity index is 2710. The summed E-state index contributed by atoms with van der Waals surface area (Å²) in [5.74, 6) is -3.76. The highest BCUT2D eigenvalue weighted by Crippen LogP contribution is 2.29. The maximum absolute atomic E-state index is 13.4. The highest BCUT2D eigenvalue weighted by atomic mass is 32.2. The third-order valence-corrected chi connectivity index (χ3v) is 10.9. The Balaban J connectivity index is 1.01. The molecule has 66 heavy (non-hydrogen) atoms. The number of benzene rings is 5. The van der Waals surface area contributed by atoms with Crippen molar-refractivity contribution < 1.29 is 51.8 Å². The Labute approximate surface area is 381 Å². The van der Waals surface area contributed by atoms with Gasteiger partial charge in [-0.2, -0.15) is 13.5 Å². The van der Waals surface area contributed by atoms with E-state index in [0.717, 1.165) is 41.4 Å². The molecule has 0 bridgehead atoms. The molecule has 1 heterocycles. The van der Waals surface area contributed by atoms with Crippen LogP contribution in [0.4, 0.5) is 5.69 Å². The largest absolute Gasteiger partial charge is 0.493 e. The van der Waals surface area contributed by atoms with E-state index in [1.54, 1.807) is 30.3 Å². The highest BCUT2D eigenvalue weighted by molar-refractivity contribution is 7.86. The number of hydrogen-bond donors (Lipinski definition) is 6. The number of carboxylic acids is 2. The number of unbranched alkanes of at least 4 members (excludes halogenated alkanes) is 2. The van der Waals surface area contributed by atoms with Gasteiger partial charge in [-0.25, -0.2) is 9.78 Å². The smallest absolute Gasteiger partial charge is 0.326 e. The van der Waals surface area contributed by atoms with Gasteiger partial charge in [-0.1, -0.05) is 103 Å². The van der Waals surface area contributed by atoms with Crippen molar-refractivity contribution in [2.75, 3.05) is 18.6 Å². The summed E-state index contributed by atoms with van der Waals surface area (Å²) in [5, 5.41) is 28.4. The number of carboxylic acid groups (broad SMARTS) is 2. The van der Waals surface area contributed by atoms with Crippen LogP contribution in [0.5, 0.6) is 11.6 Å². The molecule has 0 saturated carbocycles. The van der Waals surface area contributed by atoms with Crippen molar-refractivity contribution in [3.8, 4) is 34.0 Å². The number of hydrazone groups is 1. The molecule has 6 aromatic rings. The monoisotopic (exact) mass is 913 g/mol. The van der Waals surface area contributed by atoms with Crippen LogP contribution in [0.1, 0.15) is 47.2 Å². The van der Waals surface area contributed by atoms with Gasteiger partial charge < -0.3 is 30.3 Å². The minimum atomic E-state index is -4.52. The van der Waals surface area contributed by atoms with E-state index in [1.165, 1.54) is 42.5 Å². The van der Waals surface area contributed by atoms with Crippen molar-refractivity contribution in [3.63, 3.8) is 0 Å². The third-order valence-electron chi connectivity index (χ3n) is 10.0. The molecule has 2 unspecified atom stereocenters. The van der Waals surface area contributed by atoms with Crippen LogP contribution in [-0.4, -0.2) is 83.4 Å². The van der Waals surface area contributed by atoms with E-state index < -0.39 is 52.4 Å². The zero-order valence-corrected chi connectivity index (χ0v) is 36.3. The molecule has 0 spiro atoms. The van der Waals surface area contributed by atoms with Crippen molar-refractivity contribution >= 4 is 45.8 Å². The molecule has 0 saturated heterocycles. The van der Waals surface area contributed by atoms with Crippen molar-refractivity contribution in [2.24, 2.45) is 5.10 Å². The number of aliphatic carboxylic acids is 2. The quantitative estimate of drug-likeness (QED) is 0.0163. The predicted octanol–water partition coefficient (Wildman–Crippen LogP) is 7.12. The SMILES string of the molecule is O=C(O)CC(NC(=O)c1cccc(N/N=C/c2ccccc2S(=O)(=O)O)c1)C(=O)NC(Cc1ccccc1OCCCCCOc1cc(-c2ccccc2)cc(-c2ccccc2)n1)C(=O)O. The minimum Gasteiger partial charge on any atom is -0.493 e. The molecule has 16 nitrogen and oxygen atoms in total. The number of nitrogens with zero attached hydrogens (tertiary/aromatic N) is 2. The fourth-order valence-corrected chi connectivity index (χ4v) is 7.40. The summed E-state index contributed by atoms with van der Waals surface area (Å²) >= 11 is 0. The minimum absolute atomic E-state index is 0.00633. The molecule has 340 valence electrons. The highest BCUT2D eigenvalue weighted by Gasteiger charge is 2.29. The van der Waals surface area contributed by atoms with Gasteiger partial charge in [0.1, 0.15) is 22.7 Å². The van der Waals surface area contributed by atoms with Gasteiger partial charge in [0, 0.05) is 29.2 Å². The van der Waals surface area contributed by atoms with Crippen molar-refractivity contribution in [2.45, 2.75) is 49.1 Å². The van der Waals surface area contributed by atoms with Crippen molar-refractivity contribution in [1.82, 2.24) is 15.6 Å². The fraction of sp³-hybridized carbons (Fsp3) is 0.184. The summed E-state index contributed by atoms with van der Waals surface area (Å²) in [4.78, 5) is 55.3. The lowest BCUT2D eigenvalue weighted by Crippen LogP contribution is -2.53. The third kappa shape index (κ3) is 14.1. The number of carbonyl (C=O) groups is 4. The molecule has 0 fully saturated rings. The fourth-order valence-electron chi connectivity index (χ4n) is 6.73. The van der Waals surface area contributed by atoms with Gasteiger partial charge in [0.25, 0.3) is 16.0 Å². The Morgan fingerprint density at radius 2 is 1.35 bits per heavy atom.